The standard InChI is InChI=1S/C18H29N3O2S/c1-13(2)8-21-11-18(7-17(21)22)10-20(5-6-23-12-18)9-16-14(3)19-15(4)24-16/h13H,5-12H2,1-4H3. The van der Waals surface area contributed by atoms with Gasteiger partial charge in [-0.1, -0.05) is 13.8 Å². The van der Waals surface area contributed by atoms with E-state index in [0.29, 0.717) is 24.9 Å². The summed E-state index contributed by atoms with van der Waals surface area (Å²) in [6.45, 7) is 14.4. The van der Waals surface area contributed by atoms with Crippen molar-refractivity contribution < 1.29 is 9.53 Å². The van der Waals surface area contributed by atoms with Crippen LogP contribution in [-0.2, 0) is 16.1 Å². The molecular formula is C18H29N3O2S. The molecule has 0 bridgehead atoms. The average molecular weight is 352 g/mol. The number of rotatable bonds is 4. The third kappa shape index (κ3) is 3.98. The lowest BCUT2D eigenvalue weighted by atomic mass is 9.87. The quantitative estimate of drug-likeness (QED) is 0.836. The maximum Gasteiger partial charge on any atom is 0.223 e. The number of hydrogen-bond donors (Lipinski definition) is 0. The summed E-state index contributed by atoms with van der Waals surface area (Å²) in [6.07, 6.45) is 0.622. The highest BCUT2D eigenvalue weighted by Crippen LogP contribution is 2.35. The maximum atomic E-state index is 12.5. The van der Waals surface area contributed by atoms with Gasteiger partial charge in [0.05, 0.1) is 23.9 Å². The van der Waals surface area contributed by atoms with Crippen LogP contribution in [0.25, 0.3) is 0 Å². The van der Waals surface area contributed by atoms with E-state index < -0.39 is 0 Å². The molecule has 2 fully saturated rings. The molecule has 1 atom stereocenters. The number of aromatic nitrogens is 1. The number of carbonyl (C=O) groups excluding carboxylic acids is 1. The van der Waals surface area contributed by atoms with Gasteiger partial charge < -0.3 is 9.64 Å². The number of hydrogen-bond acceptors (Lipinski definition) is 5. The molecule has 1 unspecified atom stereocenters. The van der Waals surface area contributed by atoms with Gasteiger partial charge in [-0.15, -0.1) is 11.3 Å². The minimum Gasteiger partial charge on any atom is -0.379 e. The Morgan fingerprint density at radius 3 is 2.79 bits per heavy atom. The molecule has 3 rings (SSSR count). The lowest BCUT2D eigenvalue weighted by Crippen LogP contribution is -2.41. The van der Waals surface area contributed by atoms with Crippen molar-refractivity contribution in [2.45, 2.75) is 40.7 Å². The van der Waals surface area contributed by atoms with Crippen molar-refractivity contribution in [2.24, 2.45) is 11.3 Å². The second kappa shape index (κ2) is 7.10. The van der Waals surface area contributed by atoms with E-state index >= 15 is 0 Å². The fraction of sp³-hybridized carbons (Fsp3) is 0.778. The molecule has 0 saturated carbocycles. The first kappa shape index (κ1) is 17.8. The van der Waals surface area contributed by atoms with E-state index in [4.69, 9.17) is 4.74 Å². The summed E-state index contributed by atoms with van der Waals surface area (Å²) in [5.41, 5.74) is 1.09. The molecule has 2 aliphatic heterocycles. The van der Waals surface area contributed by atoms with E-state index in [9.17, 15) is 4.79 Å². The SMILES string of the molecule is Cc1nc(C)c(CN2CCOCC3(CC(=O)N(CC(C)C)C3)C2)s1. The van der Waals surface area contributed by atoms with Gasteiger partial charge in [-0.25, -0.2) is 4.98 Å². The Kier molecular flexibility index (Phi) is 5.27. The Bertz CT molecular complexity index is 601. The second-order valence-electron chi connectivity index (χ2n) is 7.85. The first-order valence-corrected chi connectivity index (χ1v) is 9.69. The Labute approximate surface area is 149 Å². The zero-order valence-corrected chi connectivity index (χ0v) is 16.1. The zero-order valence-electron chi connectivity index (χ0n) is 15.3. The van der Waals surface area contributed by atoms with Gasteiger partial charge >= 0.3 is 0 Å². The molecule has 0 aromatic carbocycles. The van der Waals surface area contributed by atoms with Crippen LogP contribution in [-0.4, -0.2) is 60.1 Å². The average Bonchev–Trinajstić information content (AvgIpc) is 2.86. The van der Waals surface area contributed by atoms with Crippen molar-refractivity contribution in [3.63, 3.8) is 0 Å². The van der Waals surface area contributed by atoms with Gasteiger partial charge in [0.15, 0.2) is 0 Å². The van der Waals surface area contributed by atoms with E-state index in [0.717, 1.165) is 50.0 Å². The number of thiazole rings is 1. The van der Waals surface area contributed by atoms with Crippen molar-refractivity contribution in [2.75, 3.05) is 39.4 Å². The molecule has 1 amide bonds. The van der Waals surface area contributed by atoms with Gasteiger partial charge in [0, 0.05) is 49.4 Å². The molecule has 1 aromatic heterocycles. The molecule has 1 aromatic rings. The third-order valence-electron chi connectivity index (χ3n) is 4.88. The fourth-order valence-electron chi connectivity index (χ4n) is 3.93. The van der Waals surface area contributed by atoms with Crippen molar-refractivity contribution in [3.8, 4) is 0 Å². The molecule has 134 valence electrons. The van der Waals surface area contributed by atoms with Gasteiger partial charge in [-0.3, -0.25) is 9.69 Å². The first-order chi connectivity index (χ1) is 11.4. The number of amides is 1. The van der Waals surface area contributed by atoms with Crippen LogP contribution in [0.3, 0.4) is 0 Å². The largest absolute Gasteiger partial charge is 0.379 e. The topological polar surface area (TPSA) is 45.7 Å². The molecule has 0 aliphatic carbocycles. The van der Waals surface area contributed by atoms with E-state index in [1.807, 2.05) is 4.90 Å². The molecule has 24 heavy (non-hydrogen) atoms. The molecule has 3 heterocycles. The normalized spacial score (nSPS) is 25.9. The van der Waals surface area contributed by atoms with Crippen molar-refractivity contribution in [1.29, 1.82) is 0 Å². The van der Waals surface area contributed by atoms with Crippen LogP contribution in [0.15, 0.2) is 0 Å². The molecule has 0 radical (unpaired) electrons. The number of aryl methyl sites for hydroxylation is 2. The lowest BCUT2D eigenvalue weighted by Gasteiger charge is -2.31. The Morgan fingerprint density at radius 1 is 1.33 bits per heavy atom. The molecule has 1 spiro atoms. The zero-order chi connectivity index (χ0) is 17.3. The third-order valence-corrected chi connectivity index (χ3v) is 5.93. The Morgan fingerprint density at radius 2 is 2.12 bits per heavy atom. The summed E-state index contributed by atoms with van der Waals surface area (Å²) >= 11 is 1.78. The number of carbonyl (C=O) groups is 1. The van der Waals surface area contributed by atoms with E-state index in [1.54, 1.807) is 11.3 Å². The summed E-state index contributed by atoms with van der Waals surface area (Å²) in [5.74, 6) is 0.800. The summed E-state index contributed by atoms with van der Waals surface area (Å²) in [6, 6.07) is 0. The number of nitrogens with zero attached hydrogens (tertiary/aromatic N) is 3. The predicted octanol–water partition coefficient (Wildman–Crippen LogP) is 2.47. The van der Waals surface area contributed by atoms with Gasteiger partial charge in [-0.05, 0) is 19.8 Å². The smallest absolute Gasteiger partial charge is 0.223 e. The molecular weight excluding hydrogens is 322 g/mol. The molecule has 6 heteroatoms. The van der Waals surface area contributed by atoms with Crippen molar-refractivity contribution in [3.05, 3.63) is 15.6 Å². The van der Waals surface area contributed by atoms with Crippen LogP contribution in [0.4, 0.5) is 0 Å². The highest BCUT2D eigenvalue weighted by Gasteiger charge is 2.45. The Hall–Kier alpha value is -0.980. The molecule has 2 saturated heterocycles. The molecule has 2 aliphatic rings. The van der Waals surface area contributed by atoms with Crippen LogP contribution in [0.5, 0.6) is 0 Å². The monoisotopic (exact) mass is 351 g/mol. The van der Waals surface area contributed by atoms with Crippen LogP contribution < -0.4 is 0 Å². The summed E-state index contributed by atoms with van der Waals surface area (Å²) in [7, 11) is 0. The van der Waals surface area contributed by atoms with Crippen molar-refractivity contribution in [1.82, 2.24) is 14.8 Å². The number of ether oxygens (including phenoxy) is 1. The molecule has 5 nitrogen and oxygen atoms in total. The minimum atomic E-state index is -0.0455. The van der Waals surface area contributed by atoms with Crippen LogP contribution in [0.1, 0.15) is 35.8 Å². The van der Waals surface area contributed by atoms with Gasteiger partial charge in [0.25, 0.3) is 0 Å². The van der Waals surface area contributed by atoms with E-state index in [2.05, 4.69) is 37.6 Å². The van der Waals surface area contributed by atoms with Crippen LogP contribution in [0, 0.1) is 25.2 Å². The Balaban J connectivity index is 1.71. The maximum absolute atomic E-state index is 12.5. The first-order valence-electron chi connectivity index (χ1n) is 8.88. The summed E-state index contributed by atoms with van der Waals surface area (Å²) in [5, 5.41) is 1.13. The number of likely N-dealkylation sites (tertiary alicyclic amines) is 1. The lowest BCUT2D eigenvalue weighted by molar-refractivity contribution is -0.128. The molecule has 0 N–H and O–H groups in total. The summed E-state index contributed by atoms with van der Waals surface area (Å²) in [4.78, 5) is 22.8. The highest BCUT2D eigenvalue weighted by molar-refractivity contribution is 7.11. The van der Waals surface area contributed by atoms with Crippen molar-refractivity contribution >= 4 is 17.2 Å². The van der Waals surface area contributed by atoms with Gasteiger partial charge in [0.2, 0.25) is 5.91 Å². The summed E-state index contributed by atoms with van der Waals surface area (Å²) < 4.78 is 5.90. The predicted molar refractivity (Wildman–Crippen MR) is 96.2 cm³/mol. The fourth-order valence-corrected chi connectivity index (χ4v) is 4.91. The van der Waals surface area contributed by atoms with E-state index in [-0.39, 0.29) is 5.41 Å². The van der Waals surface area contributed by atoms with Crippen LogP contribution >= 0.6 is 11.3 Å². The van der Waals surface area contributed by atoms with Gasteiger partial charge in [-0.2, -0.15) is 0 Å². The highest BCUT2D eigenvalue weighted by atomic mass is 32.1. The van der Waals surface area contributed by atoms with E-state index in [1.165, 1.54) is 4.88 Å². The minimum absolute atomic E-state index is 0.0455. The van der Waals surface area contributed by atoms with Crippen LogP contribution in [0.2, 0.25) is 0 Å². The van der Waals surface area contributed by atoms with Gasteiger partial charge in [0.1, 0.15) is 0 Å². The second-order valence-corrected chi connectivity index (χ2v) is 9.14.